The van der Waals surface area contributed by atoms with Crippen molar-refractivity contribution in [1.82, 2.24) is 15.1 Å². The van der Waals surface area contributed by atoms with E-state index in [1.165, 1.54) is 6.33 Å². The van der Waals surface area contributed by atoms with Gasteiger partial charge in [-0.1, -0.05) is 11.2 Å². The molecule has 2 rings (SSSR count). The molecule has 84 valence electrons. The number of nitrogens with zero attached hydrogens (tertiary/aromatic N) is 3. The Labute approximate surface area is 92.0 Å². The first-order valence-electron chi connectivity index (χ1n) is 4.81. The van der Waals surface area contributed by atoms with Gasteiger partial charge in [-0.05, 0) is 12.1 Å². The average molecular weight is 220 g/mol. The summed E-state index contributed by atoms with van der Waals surface area (Å²) >= 11 is 0. The van der Waals surface area contributed by atoms with Gasteiger partial charge in [0.25, 0.3) is 0 Å². The number of hydrazine groups is 1. The third kappa shape index (κ3) is 2.67. The van der Waals surface area contributed by atoms with Gasteiger partial charge < -0.3 is 15.3 Å². The molecule has 16 heavy (non-hydrogen) atoms. The molecule has 0 fully saturated rings. The third-order valence-electron chi connectivity index (χ3n) is 1.95. The van der Waals surface area contributed by atoms with Crippen LogP contribution >= 0.6 is 0 Å². The summed E-state index contributed by atoms with van der Waals surface area (Å²) in [5, 5.41) is 6.64. The predicted octanol–water partition coefficient (Wildman–Crippen LogP) is 0.405. The van der Waals surface area contributed by atoms with Crippen LogP contribution in [-0.4, -0.2) is 21.7 Å². The zero-order chi connectivity index (χ0) is 11.2. The Hall–Kier alpha value is -2.15. The van der Waals surface area contributed by atoms with Gasteiger partial charge in [-0.2, -0.15) is 4.98 Å². The number of hydrogen-bond donors (Lipinski definition) is 3. The molecule has 0 aromatic carbocycles. The number of hydrogen-bond acceptors (Lipinski definition) is 7. The van der Waals surface area contributed by atoms with Crippen molar-refractivity contribution in [3.8, 4) is 0 Å². The van der Waals surface area contributed by atoms with Gasteiger partial charge in [0.1, 0.15) is 11.6 Å². The van der Waals surface area contributed by atoms with Gasteiger partial charge in [0, 0.05) is 13.0 Å². The topological polar surface area (TPSA) is 102 Å². The van der Waals surface area contributed by atoms with Crippen LogP contribution in [0.15, 0.2) is 29.0 Å². The van der Waals surface area contributed by atoms with Crippen molar-refractivity contribution >= 4 is 11.6 Å². The highest BCUT2D eigenvalue weighted by Gasteiger charge is 1.99. The standard InChI is InChI=1S/C9H12N6O/c10-15-8-3-1-2-7(14-8)11-5-4-9-12-6-13-16-9/h1-3,6H,4-5,10H2,(H2,11,14,15). The SMILES string of the molecule is NNc1cccc(NCCc2ncno2)n1. The molecule has 0 aliphatic heterocycles. The van der Waals surface area contributed by atoms with E-state index >= 15 is 0 Å². The second-order valence-electron chi connectivity index (χ2n) is 3.06. The van der Waals surface area contributed by atoms with Crippen molar-refractivity contribution in [3.63, 3.8) is 0 Å². The maximum absolute atomic E-state index is 5.25. The number of nitrogens with one attached hydrogen (secondary N) is 2. The molecule has 0 saturated heterocycles. The molecule has 0 bridgehead atoms. The summed E-state index contributed by atoms with van der Waals surface area (Å²) in [5.74, 6) is 7.21. The predicted molar refractivity (Wildman–Crippen MR) is 58.5 cm³/mol. The van der Waals surface area contributed by atoms with E-state index in [2.05, 4.69) is 25.9 Å². The Morgan fingerprint density at radius 3 is 2.94 bits per heavy atom. The summed E-state index contributed by atoms with van der Waals surface area (Å²) in [7, 11) is 0. The fourth-order valence-electron chi connectivity index (χ4n) is 1.22. The van der Waals surface area contributed by atoms with Crippen molar-refractivity contribution in [2.45, 2.75) is 6.42 Å². The van der Waals surface area contributed by atoms with Crippen molar-refractivity contribution in [2.24, 2.45) is 5.84 Å². The van der Waals surface area contributed by atoms with Crippen molar-refractivity contribution in [1.29, 1.82) is 0 Å². The van der Waals surface area contributed by atoms with Gasteiger partial charge in [0.15, 0.2) is 6.33 Å². The van der Waals surface area contributed by atoms with Crippen LogP contribution < -0.4 is 16.6 Å². The average Bonchev–Trinajstić information content (AvgIpc) is 2.82. The molecule has 0 spiro atoms. The van der Waals surface area contributed by atoms with Crippen LogP contribution in [0.5, 0.6) is 0 Å². The van der Waals surface area contributed by atoms with Crippen LogP contribution in [0.1, 0.15) is 5.89 Å². The quantitative estimate of drug-likeness (QED) is 0.495. The minimum atomic E-state index is 0.598. The smallest absolute Gasteiger partial charge is 0.228 e. The van der Waals surface area contributed by atoms with Gasteiger partial charge in [-0.3, -0.25) is 0 Å². The van der Waals surface area contributed by atoms with Crippen LogP contribution in [0.25, 0.3) is 0 Å². The van der Waals surface area contributed by atoms with Crippen LogP contribution in [0.4, 0.5) is 11.6 Å². The van der Waals surface area contributed by atoms with E-state index in [0.717, 1.165) is 5.82 Å². The van der Waals surface area contributed by atoms with E-state index in [0.29, 0.717) is 24.7 Å². The minimum Gasteiger partial charge on any atom is -0.369 e. The third-order valence-corrected chi connectivity index (χ3v) is 1.95. The Morgan fingerprint density at radius 1 is 1.31 bits per heavy atom. The Balaban J connectivity index is 1.85. The van der Waals surface area contributed by atoms with E-state index in [-0.39, 0.29) is 0 Å². The first-order chi connectivity index (χ1) is 7.88. The molecule has 7 heteroatoms. The van der Waals surface area contributed by atoms with Crippen molar-refractivity contribution in [2.75, 3.05) is 17.3 Å². The molecule has 0 aliphatic rings. The number of rotatable bonds is 5. The zero-order valence-corrected chi connectivity index (χ0v) is 8.55. The highest BCUT2D eigenvalue weighted by Crippen LogP contribution is 2.07. The maximum atomic E-state index is 5.25. The molecular formula is C9H12N6O. The molecule has 2 aromatic heterocycles. The molecule has 2 heterocycles. The normalized spacial score (nSPS) is 10.1. The first-order valence-corrected chi connectivity index (χ1v) is 4.81. The molecule has 4 N–H and O–H groups in total. The van der Waals surface area contributed by atoms with Crippen LogP contribution in [-0.2, 0) is 6.42 Å². The first kappa shape index (κ1) is 10.4. The second kappa shape index (κ2) is 5.08. The molecule has 0 amide bonds. The summed E-state index contributed by atoms with van der Waals surface area (Å²) in [4.78, 5) is 8.11. The highest BCUT2D eigenvalue weighted by atomic mass is 16.5. The van der Waals surface area contributed by atoms with Gasteiger partial charge in [-0.25, -0.2) is 10.8 Å². The number of aromatic nitrogens is 3. The van der Waals surface area contributed by atoms with Crippen molar-refractivity contribution in [3.05, 3.63) is 30.4 Å². The number of nitrogens with two attached hydrogens (primary N) is 1. The zero-order valence-electron chi connectivity index (χ0n) is 8.55. The molecule has 0 atom stereocenters. The van der Waals surface area contributed by atoms with Gasteiger partial charge in [0.05, 0.1) is 0 Å². The lowest BCUT2D eigenvalue weighted by Crippen LogP contribution is -2.11. The van der Waals surface area contributed by atoms with E-state index in [1.54, 1.807) is 6.07 Å². The maximum Gasteiger partial charge on any atom is 0.228 e. The Kier molecular flexibility index (Phi) is 3.29. The van der Waals surface area contributed by atoms with E-state index < -0.39 is 0 Å². The highest BCUT2D eigenvalue weighted by molar-refractivity contribution is 5.44. The number of nitrogen functional groups attached to an aromatic ring is 1. The molecule has 7 nitrogen and oxygen atoms in total. The minimum absolute atomic E-state index is 0.598. The van der Waals surface area contributed by atoms with E-state index in [4.69, 9.17) is 10.4 Å². The van der Waals surface area contributed by atoms with Gasteiger partial charge >= 0.3 is 0 Å². The number of anilines is 2. The van der Waals surface area contributed by atoms with Gasteiger partial charge in [0.2, 0.25) is 5.89 Å². The molecule has 0 saturated carbocycles. The molecule has 0 radical (unpaired) electrons. The lowest BCUT2D eigenvalue weighted by atomic mass is 10.4. The largest absolute Gasteiger partial charge is 0.369 e. The summed E-state index contributed by atoms with van der Waals surface area (Å²) < 4.78 is 4.86. The van der Waals surface area contributed by atoms with E-state index in [9.17, 15) is 0 Å². The molecule has 0 aliphatic carbocycles. The molecule has 2 aromatic rings. The second-order valence-corrected chi connectivity index (χ2v) is 3.06. The van der Waals surface area contributed by atoms with E-state index in [1.807, 2.05) is 12.1 Å². The lowest BCUT2D eigenvalue weighted by Gasteiger charge is -2.05. The summed E-state index contributed by atoms with van der Waals surface area (Å²) in [6.45, 7) is 0.670. The van der Waals surface area contributed by atoms with Gasteiger partial charge in [-0.15, -0.1) is 0 Å². The molecule has 0 unspecified atom stereocenters. The van der Waals surface area contributed by atoms with Crippen molar-refractivity contribution < 1.29 is 4.52 Å². The summed E-state index contributed by atoms with van der Waals surface area (Å²) in [5.41, 5.74) is 2.48. The summed E-state index contributed by atoms with van der Waals surface area (Å²) in [6.07, 6.45) is 2.04. The summed E-state index contributed by atoms with van der Waals surface area (Å²) in [6, 6.07) is 5.50. The van der Waals surface area contributed by atoms with Crippen LogP contribution in [0, 0.1) is 0 Å². The fraction of sp³-hybridized carbons (Fsp3) is 0.222. The van der Waals surface area contributed by atoms with Crippen LogP contribution in [0.2, 0.25) is 0 Å². The number of pyridine rings is 1. The van der Waals surface area contributed by atoms with Crippen LogP contribution in [0.3, 0.4) is 0 Å². The Morgan fingerprint density at radius 2 is 2.19 bits per heavy atom. The lowest BCUT2D eigenvalue weighted by molar-refractivity contribution is 0.379. The molecular weight excluding hydrogens is 208 g/mol. The monoisotopic (exact) mass is 220 g/mol. The Bertz CT molecular complexity index is 429. The fourth-order valence-corrected chi connectivity index (χ4v) is 1.22.